The van der Waals surface area contributed by atoms with E-state index in [4.69, 9.17) is 0 Å². The highest BCUT2D eigenvalue weighted by atomic mass is 19.3. The summed E-state index contributed by atoms with van der Waals surface area (Å²) in [5.41, 5.74) is 0. The van der Waals surface area contributed by atoms with Crippen LogP contribution in [0.1, 0.15) is 12.2 Å². The second-order valence-corrected chi connectivity index (χ2v) is 3.72. The zero-order valence-electron chi connectivity index (χ0n) is 8.15. The van der Waals surface area contributed by atoms with Crippen LogP contribution >= 0.6 is 0 Å². The Labute approximate surface area is 93.4 Å². The Morgan fingerprint density at radius 2 is 1.56 bits per heavy atom. The van der Waals surface area contributed by atoms with Crippen LogP contribution in [-0.2, 0) is 12.0 Å². The molecule has 3 nitrogen and oxygen atoms in total. The van der Waals surface area contributed by atoms with Crippen molar-refractivity contribution in [1.82, 2.24) is 14.8 Å². The first-order valence-electron chi connectivity index (χ1n) is 4.36. The third-order valence-electron chi connectivity index (χ3n) is 2.47. The minimum Gasteiger partial charge on any atom is -0.251 e. The Morgan fingerprint density at radius 1 is 1.00 bits per heavy atom. The van der Waals surface area contributed by atoms with E-state index in [1.54, 1.807) is 0 Å². The third-order valence-corrected chi connectivity index (χ3v) is 2.47. The van der Waals surface area contributed by atoms with Gasteiger partial charge >= 0.3 is 23.8 Å². The van der Waals surface area contributed by atoms with Crippen LogP contribution in [0.4, 0.5) is 35.1 Å². The molecule has 102 valence electrons. The van der Waals surface area contributed by atoms with Crippen LogP contribution in [0.25, 0.3) is 0 Å². The average Bonchev–Trinajstić information content (AvgIpc) is 2.62. The summed E-state index contributed by atoms with van der Waals surface area (Å²) in [5, 5.41) is 5.02. The number of aromatic nitrogens is 3. The number of fused-ring (bicyclic) bond motifs is 1. The van der Waals surface area contributed by atoms with Crippen molar-refractivity contribution in [2.45, 2.75) is 30.2 Å². The fourth-order valence-corrected chi connectivity index (χ4v) is 1.52. The highest BCUT2D eigenvalue weighted by molar-refractivity contribution is 5.13. The van der Waals surface area contributed by atoms with Gasteiger partial charge in [-0.3, -0.25) is 4.57 Å². The van der Waals surface area contributed by atoms with E-state index < -0.39 is 40.6 Å². The molecule has 0 aromatic carbocycles. The minimum absolute atomic E-state index is 0.000718. The van der Waals surface area contributed by atoms with Crippen LogP contribution in [0.5, 0.6) is 0 Å². The molecule has 0 bridgehead atoms. The molecule has 0 unspecified atom stereocenters. The molecule has 18 heavy (non-hydrogen) atoms. The summed E-state index contributed by atoms with van der Waals surface area (Å²) in [6.45, 7) is 0. The topological polar surface area (TPSA) is 30.7 Å². The van der Waals surface area contributed by atoms with E-state index in [9.17, 15) is 35.1 Å². The molecular formula is C7H3F8N3. The Morgan fingerprint density at radius 3 is 2.11 bits per heavy atom. The molecule has 0 atom stereocenters. The van der Waals surface area contributed by atoms with E-state index in [-0.39, 0.29) is 6.33 Å². The summed E-state index contributed by atoms with van der Waals surface area (Å²) in [6.07, 6.45) is -2.77. The summed E-state index contributed by atoms with van der Waals surface area (Å²) in [4.78, 5) is 0. The van der Waals surface area contributed by atoms with Gasteiger partial charge in [0.1, 0.15) is 12.7 Å². The van der Waals surface area contributed by atoms with Crippen molar-refractivity contribution in [3.63, 3.8) is 0 Å². The molecule has 1 aliphatic rings. The number of rotatable bonds is 0. The highest BCUT2D eigenvalue weighted by Gasteiger charge is 2.78. The van der Waals surface area contributed by atoms with Gasteiger partial charge in [0.25, 0.3) is 0 Å². The van der Waals surface area contributed by atoms with E-state index in [0.29, 0.717) is 0 Å². The minimum atomic E-state index is -6.00. The van der Waals surface area contributed by atoms with Crippen molar-refractivity contribution in [3.8, 4) is 0 Å². The maximum Gasteiger partial charge on any atom is 0.379 e. The van der Waals surface area contributed by atoms with Crippen molar-refractivity contribution in [1.29, 1.82) is 0 Å². The first-order valence-corrected chi connectivity index (χ1v) is 4.36. The zero-order valence-corrected chi connectivity index (χ0v) is 8.15. The van der Waals surface area contributed by atoms with Gasteiger partial charge in [0.15, 0.2) is 0 Å². The molecule has 0 saturated heterocycles. The van der Waals surface area contributed by atoms with Gasteiger partial charge in [-0.2, -0.15) is 35.1 Å². The molecule has 1 aromatic rings. The number of hydrogen-bond donors (Lipinski definition) is 0. The van der Waals surface area contributed by atoms with E-state index >= 15 is 0 Å². The molecule has 0 aliphatic carbocycles. The summed E-state index contributed by atoms with van der Waals surface area (Å²) in [6, 6.07) is -4.65. The van der Waals surface area contributed by atoms with E-state index in [0.717, 1.165) is 0 Å². The fourth-order valence-electron chi connectivity index (χ4n) is 1.52. The van der Waals surface area contributed by atoms with Crippen LogP contribution in [-0.4, -0.2) is 26.6 Å². The van der Waals surface area contributed by atoms with Gasteiger partial charge in [0.05, 0.1) is 0 Å². The molecule has 0 N–H and O–H groups in total. The quantitative estimate of drug-likeness (QED) is 0.684. The van der Waals surface area contributed by atoms with E-state index in [2.05, 4.69) is 10.2 Å². The highest BCUT2D eigenvalue weighted by Crippen LogP contribution is 2.57. The van der Waals surface area contributed by atoms with Crippen LogP contribution in [0.2, 0.25) is 0 Å². The van der Waals surface area contributed by atoms with Crippen molar-refractivity contribution >= 4 is 0 Å². The van der Waals surface area contributed by atoms with Gasteiger partial charge < -0.3 is 0 Å². The number of nitrogens with zero attached hydrogens (tertiary/aromatic N) is 3. The fraction of sp³-hybridized carbons (Fsp3) is 0.714. The molecule has 0 amide bonds. The Kier molecular flexibility index (Phi) is 2.26. The Bertz CT molecular complexity index is 479. The maximum atomic E-state index is 13.2. The summed E-state index contributed by atoms with van der Waals surface area (Å²) in [7, 11) is 0. The van der Waals surface area contributed by atoms with Crippen molar-refractivity contribution < 1.29 is 35.1 Å². The van der Waals surface area contributed by atoms with Gasteiger partial charge in [-0.1, -0.05) is 0 Å². The van der Waals surface area contributed by atoms with Crippen LogP contribution in [0, 0.1) is 0 Å². The third kappa shape index (κ3) is 1.35. The zero-order chi connectivity index (χ0) is 14.0. The van der Waals surface area contributed by atoms with Crippen molar-refractivity contribution in [2.24, 2.45) is 0 Å². The lowest BCUT2D eigenvalue weighted by Gasteiger charge is -2.29. The molecule has 1 aromatic heterocycles. The molecule has 0 saturated carbocycles. The molecule has 2 rings (SSSR count). The molecule has 0 fully saturated rings. The van der Waals surface area contributed by atoms with Gasteiger partial charge in [-0.25, -0.2) is 0 Å². The van der Waals surface area contributed by atoms with E-state index in [1.165, 1.54) is 0 Å². The lowest BCUT2D eigenvalue weighted by molar-refractivity contribution is -0.323. The number of halogens is 8. The molecular weight excluding hydrogens is 278 g/mol. The maximum absolute atomic E-state index is 13.2. The molecule has 0 radical (unpaired) electrons. The Hall–Kier alpha value is -1.42. The summed E-state index contributed by atoms with van der Waals surface area (Å²) < 4.78 is 104. The van der Waals surface area contributed by atoms with E-state index in [1.807, 2.05) is 0 Å². The predicted molar refractivity (Wildman–Crippen MR) is 38.6 cm³/mol. The van der Waals surface area contributed by atoms with Gasteiger partial charge in [-0.05, 0) is 0 Å². The standard InChI is InChI=1S/C7H3F8N3/c8-4(9)1-5(10,11)18-2-16-17-3(18)6(12,13)7(4,14)15/h2H,1H2. The normalized spacial score (nSPS) is 27.3. The first-order chi connectivity index (χ1) is 7.93. The largest absolute Gasteiger partial charge is 0.379 e. The molecule has 2 heterocycles. The van der Waals surface area contributed by atoms with Crippen molar-refractivity contribution in [2.75, 3.05) is 0 Å². The monoisotopic (exact) mass is 281 g/mol. The van der Waals surface area contributed by atoms with Crippen LogP contribution in [0.15, 0.2) is 6.33 Å². The lowest BCUT2D eigenvalue weighted by Crippen LogP contribution is -2.52. The summed E-state index contributed by atoms with van der Waals surface area (Å²) >= 11 is 0. The SMILES string of the molecule is FC1(F)CC(F)(F)C(F)(F)C(F)(F)c2nncn21. The van der Waals surface area contributed by atoms with Crippen LogP contribution < -0.4 is 0 Å². The smallest absolute Gasteiger partial charge is 0.251 e. The van der Waals surface area contributed by atoms with Gasteiger partial charge in [0, 0.05) is 0 Å². The second-order valence-electron chi connectivity index (χ2n) is 3.72. The molecule has 0 spiro atoms. The number of alkyl halides is 8. The molecule has 11 heteroatoms. The Balaban J connectivity index is 2.75. The van der Waals surface area contributed by atoms with Crippen molar-refractivity contribution in [3.05, 3.63) is 12.2 Å². The average molecular weight is 281 g/mol. The van der Waals surface area contributed by atoms with Gasteiger partial charge in [0.2, 0.25) is 5.82 Å². The van der Waals surface area contributed by atoms with Gasteiger partial charge in [-0.15, -0.1) is 10.2 Å². The second kappa shape index (κ2) is 3.12. The lowest BCUT2D eigenvalue weighted by atomic mass is 10.0. The first kappa shape index (κ1) is 13.0. The van der Waals surface area contributed by atoms with Crippen LogP contribution in [0.3, 0.4) is 0 Å². The number of hydrogen-bond acceptors (Lipinski definition) is 2. The summed E-state index contributed by atoms with van der Waals surface area (Å²) in [5.74, 6) is -19.4. The predicted octanol–water partition coefficient (Wildman–Crippen LogP) is 2.59. The molecule has 1 aliphatic heterocycles.